The molecule has 7 heteroatoms. The smallest absolute Gasteiger partial charge is 0.219 e. The molecule has 94 valence electrons. The maximum atomic E-state index is 13.0. The molecule has 0 atom stereocenters. The second-order valence-electron chi connectivity index (χ2n) is 3.65. The van der Waals surface area contributed by atoms with E-state index in [0.29, 0.717) is 12.4 Å². The van der Waals surface area contributed by atoms with Crippen molar-refractivity contribution in [1.29, 1.82) is 0 Å². The lowest BCUT2D eigenvalue weighted by molar-refractivity contribution is -0.117. The van der Waals surface area contributed by atoms with E-state index in [9.17, 15) is 13.6 Å². The Balaban J connectivity index is 2.21. The zero-order chi connectivity index (χ0) is 13.1. The third kappa shape index (κ3) is 2.68. The van der Waals surface area contributed by atoms with Crippen molar-refractivity contribution in [1.82, 2.24) is 9.97 Å². The highest BCUT2D eigenvalue weighted by atomic mass is 19.2. The van der Waals surface area contributed by atoms with Crippen molar-refractivity contribution in [2.24, 2.45) is 5.73 Å². The number of hydrogen-bond donors (Lipinski definition) is 2. The Kier molecular flexibility index (Phi) is 3.31. The van der Waals surface area contributed by atoms with Crippen molar-refractivity contribution in [3.05, 3.63) is 30.0 Å². The Morgan fingerprint density at radius 1 is 1.28 bits per heavy atom. The molecule has 0 radical (unpaired) electrons. The van der Waals surface area contributed by atoms with Crippen molar-refractivity contribution in [3.63, 3.8) is 0 Å². The van der Waals surface area contributed by atoms with E-state index in [1.165, 1.54) is 6.20 Å². The zero-order valence-corrected chi connectivity index (χ0v) is 9.28. The van der Waals surface area contributed by atoms with Gasteiger partial charge in [0.05, 0.1) is 17.2 Å². The minimum absolute atomic E-state index is 0.150. The van der Waals surface area contributed by atoms with Gasteiger partial charge in [-0.1, -0.05) is 0 Å². The highest BCUT2D eigenvalue weighted by molar-refractivity contribution is 5.76. The molecule has 0 bridgehead atoms. The van der Waals surface area contributed by atoms with Crippen LogP contribution in [0.2, 0.25) is 0 Å². The first kappa shape index (κ1) is 12.2. The quantitative estimate of drug-likeness (QED) is 0.856. The SMILES string of the molecule is NC(=O)CCNc1cnc2cc(F)c(F)cc2n1. The Morgan fingerprint density at radius 2 is 1.94 bits per heavy atom. The summed E-state index contributed by atoms with van der Waals surface area (Å²) in [4.78, 5) is 18.5. The molecule has 1 amide bonds. The molecular formula is C11H10F2N4O. The van der Waals surface area contributed by atoms with Crippen LogP contribution in [0.3, 0.4) is 0 Å². The van der Waals surface area contributed by atoms with Crippen molar-refractivity contribution in [2.75, 3.05) is 11.9 Å². The first-order chi connectivity index (χ1) is 8.56. The molecule has 0 aliphatic heterocycles. The van der Waals surface area contributed by atoms with Gasteiger partial charge in [0.25, 0.3) is 0 Å². The van der Waals surface area contributed by atoms with Crippen molar-refractivity contribution >= 4 is 22.8 Å². The van der Waals surface area contributed by atoms with E-state index in [0.717, 1.165) is 12.1 Å². The van der Waals surface area contributed by atoms with Gasteiger partial charge in [-0.2, -0.15) is 0 Å². The highest BCUT2D eigenvalue weighted by Crippen LogP contribution is 2.16. The molecule has 18 heavy (non-hydrogen) atoms. The van der Waals surface area contributed by atoms with Crippen LogP contribution in [0.25, 0.3) is 11.0 Å². The van der Waals surface area contributed by atoms with Crippen LogP contribution in [-0.4, -0.2) is 22.4 Å². The fraction of sp³-hybridized carbons (Fsp3) is 0.182. The topological polar surface area (TPSA) is 80.9 Å². The average molecular weight is 252 g/mol. The molecule has 0 aliphatic rings. The van der Waals surface area contributed by atoms with Gasteiger partial charge in [0, 0.05) is 25.1 Å². The number of hydrogen-bond acceptors (Lipinski definition) is 4. The summed E-state index contributed by atoms with van der Waals surface area (Å²) in [6.45, 7) is 0.305. The monoisotopic (exact) mass is 252 g/mol. The van der Waals surface area contributed by atoms with E-state index in [-0.39, 0.29) is 17.5 Å². The standard InChI is InChI=1S/C11H10F2N4O/c12-6-3-8-9(4-7(6)13)17-11(5-16-8)15-2-1-10(14)18/h3-5H,1-2H2,(H2,14,18)(H,15,17). The number of nitrogens with zero attached hydrogens (tertiary/aromatic N) is 2. The molecule has 1 aromatic heterocycles. The van der Waals surface area contributed by atoms with Crippen molar-refractivity contribution in [2.45, 2.75) is 6.42 Å². The number of primary amides is 1. The minimum Gasteiger partial charge on any atom is -0.370 e. The molecule has 1 aromatic carbocycles. The first-order valence-electron chi connectivity index (χ1n) is 5.20. The number of anilines is 1. The van der Waals surface area contributed by atoms with Crippen LogP contribution in [0.1, 0.15) is 6.42 Å². The van der Waals surface area contributed by atoms with Crippen LogP contribution in [-0.2, 0) is 4.79 Å². The molecular weight excluding hydrogens is 242 g/mol. The summed E-state index contributed by atoms with van der Waals surface area (Å²) in [6, 6.07) is 1.95. The van der Waals surface area contributed by atoms with Crippen LogP contribution in [0.5, 0.6) is 0 Å². The molecule has 0 spiro atoms. The van der Waals surface area contributed by atoms with Gasteiger partial charge in [0.2, 0.25) is 5.91 Å². The van der Waals surface area contributed by atoms with Gasteiger partial charge in [0.15, 0.2) is 11.6 Å². The van der Waals surface area contributed by atoms with E-state index in [4.69, 9.17) is 5.73 Å². The fourth-order valence-electron chi connectivity index (χ4n) is 1.41. The predicted molar refractivity (Wildman–Crippen MR) is 61.8 cm³/mol. The predicted octanol–water partition coefficient (Wildman–Crippen LogP) is 1.20. The molecule has 2 rings (SSSR count). The Labute approximate surface area is 101 Å². The maximum Gasteiger partial charge on any atom is 0.219 e. The summed E-state index contributed by atoms with van der Waals surface area (Å²) in [5.74, 6) is -2.02. The fourth-order valence-corrected chi connectivity index (χ4v) is 1.41. The summed E-state index contributed by atoms with van der Waals surface area (Å²) in [6.07, 6.45) is 1.53. The molecule has 3 N–H and O–H groups in total. The molecule has 0 saturated carbocycles. The van der Waals surface area contributed by atoms with Crippen molar-refractivity contribution < 1.29 is 13.6 Å². The molecule has 1 heterocycles. The number of benzene rings is 1. The number of amides is 1. The second kappa shape index (κ2) is 4.91. The summed E-state index contributed by atoms with van der Waals surface area (Å²) < 4.78 is 25.9. The average Bonchev–Trinajstić information content (AvgIpc) is 2.30. The number of halogens is 2. The van der Waals surface area contributed by atoms with Gasteiger partial charge in [-0.3, -0.25) is 9.78 Å². The maximum absolute atomic E-state index is 13.0. The van der Waals surface area contributed by atoms with E-state index in [1.54, 1.807) is 0 Å². The van der Waals surface area contributed by atoms with Gasteiger partial charge in [0.1, 0.15) is 5.82 Å². The zero-order valence-electron chi connectivity index (χ0n) is 9.28. The summed E-state index contributed by atoms with van der Waals surface area (Å²) in [5, 5.41) is 2.81. The summed E-state index contributed by atoms with van der Waals surface area (Å²) in [7, 11) is 0. The second-order valence-corrected chi connectivity index (χ2v) is 3.65. The van der Waals surface area contributed by atoms with E-state index >= 15 is 0 Å². The Bertz CT molecular complexity index is 603. The van der Waals surface area contributed by atoms with Gasteiger partial charge in [-0.15, -0.1) is 0 Å². The molecule has 0 unspecified atom stereocenters. The van der Waals surface area contributed by atoms with Crippen LogP contribution < -0.4 is 11.1 Å². The number of carbonyl (C=O) groups excluding carboxylic acids is 1. The van der Waals surface area contributed by atoms with Gasteiger partial charge >= 0.3 is 0 Å². The number of rotatable bonds is 4. The molecule has 0 saturated heterocycles. The Morgan fingerprint density at radius 3 is 2.61 bits per heavy atom. The molecule has 2 aromatic rings. The lowest BCUT2D eigenvalue weighted by Gasteiger charge is -2.05. The third-order valence-corrected chi connectivity index (χ3v) is 2.26. The van der Waals surface area contributed by atoms with E-state index in [2.05, 4.69) is 15.3 Å². The lowest BCUT2D eigenvalue weighted by Crippen LogP contribution is -2.16. The molecule has 0 aliphatic carbocycles. The van der Waals surface area contributed by atoms with Gasteiger partial charge < -0.3 is 11.1 Å². The minimum atomic E-state index is -0.980. The highest BCUT2D eigenvalue weighted by Gasteiger charge is 2.06. The lowest BCUT2D eigenvalue weighted by atomic mass is 10.3. The first-order valence-corrected chi connectivity index (χ1v) is 5.20. The van der Waals surface area contributed by atoms with Gasteiger partial charge in [-0.05, 0) is 0 Å². The van der Waals surface area contributed by atoms with Crippen LogP contribution in [0.4, 0.5) is 14.6 Å². The largest absolute Gasteiger partial charge is 0.370 e. The molecule has 5 nitrogen and oxygen atoms in total. The number of aromatic nitrogens is 2. The van der Waals surface area contributed by atoms with Crippen LogP contribution in [0, 0.1) is 11.6 Å². The normalized spacial score (nSPS) is 10.6. The number of nitrogens with one attached hydrogen (secondary N) is 1. The Hall–Kier alpha value is -2.31. The number of nitrogens with two attached hydrogens (primary N) is 1. The summed E-state index contributed by atoms with van der Waals surface area (Å²) >= 11 is 0. The summed E-state index contributed by atoms with van der Waals surface area (Å²) in [5.41, 5.74) is 5.47. The van der Waals surface area contributed by atoms with E-state index in [1.807, 2.05) is 0 Å². The number of fused-ring (bicyclic) bond motifs is 1. The third-order valence-electron chi connectivity index (χ3n) is 2.26. The molecule has 0 fully saturated rings. The number of carbonyl (C=O) groups is 1. The van der Waals surface area contributed by atoms with Crippen LogP contribution >= 0.6 is 0 Å². The van der Waals surface area contributed by atoms with Gasteiger partial charge in [-0.25, -0.2) is 13.8 Å². The van der Waals surface area contributed by atoms with Crippen LogP contribution in [0.15, 0.2) is 18.3 Å². The van der Waals surface area contributed by atoms with Crippen molar-refractivity contribution in [3.8, 4) is 0 Å². The van der Waals surface area contributed by atoms with E-state index < -0.39 is 17.5 Å².